The lowest BCUT2D eigenvalue weighted by Gasteiger charge is -2.32. The molecule has 0 aliphatic carbocycles. The number of ether oxygens (including phenoxy) is 1. The Balaban J connectivity index is 0.00000141. The smallest absolute Gasteiger partial charge is 0.393 e. The lowest BCUT2D eigenvalue weighted by atomic mass is 10.1. The third-order valence-corrected chi connectivity index (χ3v) is 5.29. The van der Waals surface area contributed by atoms with Gasteiger partial charge >= 0.3 is 6.18 Å². The van der Waals surface area contributed by atoms with E-state index in [-0.39, 0.29) is 23.2 Å². The van der Waals surface area contributed by atoms with Crippen LogP contribution in [0.25, 0.3) is 11.3 Å². The lowest BCUT2D eigenvalue weighted by molar-refractivity contribution is -0.137. The summed E-state index contributed by atoms with van der Waals surface area (Å²) in [5.74, 6) is 0.666. The molecule has 176 valence electrons. The fraction of sp³-hybridized carbons (Fsp3) is 0.571. The first-order chi connectivity index (χ1) is 15.3. The maximum Gasteiger partial charge on any atom is 0.417 e. The molecule has 11 heteroatoms. The molecule has 2 fully saturated rings. The molecular weight excluding hydrogens is 425 g/mol. The van der Waals surface area contributed by atoms with Crippen LogP contribution in [-0.4, -0.2) is 65.6 Å². The van der Waals surface area contributed by atoms with Gasteiger partial charge < -0.3 is 25.4 Å². The molecule has 4 heterocycles. The van der Waals surface area contributed by atoms with E-state index in [0.717, 1.165) is 12.3 Å². The van der Waals surface area contributed by atoms with Crippen LogP contribution in [0.5, 0.6) is 0 Å². The van der Waals surface area contributed by atoms with E-state index in [1.54, 1.807) is 6.07 Å². The molecule has 3 N–H and O–H groups in total. The number of rotatable bonds is 3. The summed E-state index contributed by atoms with van der Waals surface area (Å²) in [6.07, 6.45) is -2.73. The van der Waals surface area contributed by atoms with E-state index in [4.69, 9.17) is 10.5 Å². The van der Waals surface area contributed by atoms with Crippen LogP contribution in [0.15, 0.2) is 18.3 Å². The van der Waals surface area contributed by atoms with E-state index in [1.165, 1.54) is 0 Å². The fourth-order valence-corrected chi connectivity index (χ4v) is 3.63. The van der Waals surface area contributed by atoms with Crippen molar-refractivity contribution in [3.05, 3.63) is 23.9 Å². The molecule has 0 spiro atoms. The van der Waals surface area contributed by atoms with Crippen LogP contribution in [-0.2, 0) is 10.9 Å². The van der Waals surface area contributed by atoms with Gasteiger partial charge in [0.2, 0.25) is 5.95 Å². The van der Waals surface area contributed by atoms with E-state index >= 15 is 0 Å². The van der Waals surface area contributed by atoms with Crippen LogP contribution < -0.4 is 15.5 Å². The summed E-state index contributed by atoms with van der Waals surface area (Å²) in [5, 5.41) is 9.79. The number of hydrogen-bond acceptors (Lipinski definition) is 8. The Morgan fingerprint density at radius 2 is 1.69 bits per heavy atom. The van der Waals surface area contributed by atoms with Gasteiger partial charge in [-0.3, -0.25) is 0 Å². The van der Waals surface area contributed by atoms with Crippen molar-refractivity contribution in [2.24, 2.45) is 0 Å². The number of alkyl halides is 3. The standard InChI is InChI=1S/C19H23F3N6O2.C2H6/c20-19(21,22)14-9-16(23)24-11-13(14)15-10-17(27-3-1-12(29)2-4-27)26-18(25-15)28-5-7-30-8-6-28;1-2/h9-12,29H,1-8H2,(H2,23,24);1-2H3. The maximum atomic E-state index is 13.7. The number of piperidine rings is 1. The number of aliphatic hydroxyl groups is 1. The maximum absolute atomic E-state index is 13.7. The number of aliphatic hydroxyl groups excluding tert-OH is 1. The molecule has 0 saturated carbocycles. The summed E-state index contributed by atoms with van der Waals surface area (Å²) >= 11 is 0. The number of pyridine rings is 1. The molecule has 0 unspecified atom stereocenters. The predicted octanol–water partition coefficient (Wildman–Crippen LogP) is 2.96. The summed E-state index contributed by atoms with van der Waals surface area (Å²) in [7, 11) is 0. The lowest BCUT2D eigenvalue weighted by Crippen LogP contribution is -2.39. The van der Waals surface area contributed by atoms with E-state index in [9.17, 15) is 18.3 Å². The van der Waals surface area contributed by atoms with Crippen molar-refractivity contribution in [3.8, 4) is 11.3 Å². The first-order valence-electron chi connectivity index (χ1n) is 10.8. The summed E-state index contributed by atoms with van der Waals surface area (Å²) in [6, 6.07) is 2.37. The van der Waals surface area contributed by atoms with Gasteiger partial charge in [-0.1, -0.05) is 13.8 Å². The number of anilines is 3. The Morgan fingerprint density at radius 1 is 1.03 bits per heavy atom. The molecule has 32 heavy (non-hydrogen) atoms. The highest BCUT2D eigenvalue weighted by Gasteiger charge is 2.35. The van der Waals surface area contributed by atoms with Gasteiger partial charge in [0.05, 0.1) is 30.6 Å². The highest BCUT2D eigenvalue weighted by atomic mass is 19.4. The Labute approximate surface area is 185 Å². The van der Waals surface area contributed by atoms with Crippen molar-refractivity contribution >= 4 is 17.6 Å². The first-order valence-corrected chi connectivity index (χ1v) is 10.8. The normalized spacial score (nSPS) is 17.7. The van der Waals surface area contributed by atoms with Crippen LogP contribution in [0.3, 0.4) is 0 Å². The van der Waals surface area contributed by atoms with Gasteiger partial charge in [0.1, 0.15) is 11.6 Å². The molecular formula is C21H29F3N6O2. The van der Waals surface area contributed by atoms with Crippen LogP contribution in [0.4, 0.5) is 30.8 Å². The van der Waals surface area contributed by atoms with E-state index in [1.807, 2.05) is 23.6 Å². The molecule has 2 aromatic rings. The number of halogens is 3. The average molecular weight is 454 g/mol. The zero-order chi connectivity index (χ0) is 23.3. The van der Waals surface area contributed by atoms with Crippen molar-refractivity contribution in [1.29, 1.82) is 0 Å². The van der Waals surface area contributed by atoms with Crippen molar-refractivity contribution in [2.45, 2.75) is 39.0 Å². The molecule has 2 aliphatic heterocycles. The topological polar surface area (TPSA) is 101 Å². The zero-order valence-electron chi connectivity index (χ0n) is 18.3. The Morgan fingerprint density at radius 3 is 2.31 bits per heavy atom. The molecule has 4 rings (SSSR count). The van der Waals surface area contributed by atoms with Crippen LogP contribution in [0.2, 0.25) is 0 Å². The molecule has 0 aromatic carbocycles. The Bertz CT molecular complexity index is 898. The van der Waals surface area contributed by atoms with Gasteiger partial charge in [-0.15, -0.1) is 0 Å². The van der Waals surface area contributed by atoms with Crippen molar-refractivity contribution in [3.63, 3.8) is 0 Å². The van der Waals surface area contributed by atoms with E-state index in [2.05, 4.69) is 15.0 Å². The second-order valence-corrected chi connectivity index (χ2v) is 7.38. The minimum atomic E-state index is -4.61. The average Bonchev–Trinajstić information content (AvgIpc) is 2.80. The van der Waals surface area contributed by atoms with Gasteiger partial charge in [0.25, 0.3) is 0 Å². The van der Waals surface area contributed by atoms with Crippen LogP contribution in [0, 0.1) is 0 Å². The molecule has 2 aromatic heterocycles. The largest absolute Gasteiger partial charge is 0.417 e. The van der Waals surface area contributed by atoms with Crippen LogP contribution in [0.1, 0.15) is 32.3 Å². The zero-order valence-corrected chi connectivity index (χ0v) is 18.3. The summed E-state index contributed by atoms with van der Waals surface area (Å²) in [4.78, 5) is 16.8. The molecule has 0 bridgehead atoms. The summed E-state index contributed by atoms with van der Waals surface area (Å²) in [5.41, 5.74) is 4.61. The number of nitrogens with two attached hydrogens (primary N) is 1. The van der Waals surface area contributed by atoms with Gasteiger partial charge in [-0.2, -0.15) is 18.2 Å². The number of hydrogen-bond donors (Lipinski definition) is 2. The number of aromatic nitrogens is 3. The second-order valence-electron chi connectivity index (χ2n) is 7.38. The molecule has 0 radical (unpaired) electrons. The minimum Gasteiger partial charge on any atom is -0.393 e. The molecule has 8 nitrogen and oxygen atoms in total. The molecule has 2 aliphatic rings. The highest BCUT2D eigenvalue weighted by molar-refractivity contribution is 5.69. The van der Waals surface area contributed by atoms with Crippen molar-refractivity contribution < 1.29 is 23.0 Å². The van der Waals surface area contributed by atoms with Crippen LogP contribution >= 0.6 is 0 Å². The number of nitrogens with zero attached hydrogens (tertiary/aromatic N) is 5. The Hall–Kier alpha value is -2.66. The molecule has 0 amide bonds. The van der Waals surface area contributed by atoms with E-state index < -0.39 is 11.7 Å². The fourth-order valence-electron chi connectivity index (χ4n) is 3.63. The van der Waals surface area contributed by atoms with Gasteiger partial charge in [-0.05, 0) is 18.9 Å². The minimum absolute atomic E-state index is 0.132. The third-order valence-electron chi connectivity index (χ3n) is 5.29. The summed E-state index contributed by atoms with van der Waals surface area (Å²) in [6.45, 7) is 7.21. The van der Waals surface area contributed by atoms with Crippen molar-refractivity contribution in [1.82, 2.24) is 15.0 Å². The first kappa shape index (κ1) is 24.0. The number of nitrogen functional groups attached to an aromatic ring is 1. The van der Waals surface area contributed by atoms with Crippen molar-refractivity contribution in [2.75, 3.05) is 54.9 Å². The van der Waals surface area contributed by atoms with Gasteiger partial charge in [0, 0.05) is 44.0 Å². The quantitative estimate of drug-likeness (QED) is 0.730. The predicted molar refractivity (Wildman–Crippen MR) is 117 cm³/mol. The second kappa shape index (κ2) is 10.3. The monoisotopic (exact) mass is 454 g/mol. The summed E-state index contributed by atoms with van der Waals surface area (Å²) < 4.78 is 46.4. The van der Waals surface area contributed by atoms with Gasteiger partial charge in [-0.25, -0.2) is 9.97 Å². The SMILES string of the molecule is CC.Nc1cc(C(F)(F)F)c(-c2cc(N3CCC(O)CC3)nc(N3CCOCC3)n2)cn1. The van der Waals surface area contributed by atoms with Gasteiger partial charge in [0.15, 0.2) is 0 Å². The molecule has 0 atom stereocenters. The third kappa shape index (κ3) is 5.57. The highest BCUT2D eigenvalue weighted by Crippen LogP contribution is 2.38. The van der Waals surface area contributed by atoms with E-state index in [0.29, 0.717) is 64.0 Å². The molecule has 2 saturated heterocycles. The Kier molecular flexibility index (Phi) is 7.73. The number of morpholine rings is 1.